The van der Waals surface area contributed by atoms with Crippen LogP contribution in [0.1, 0.15) is 23.6 Å². The highest BCUT2D eigenvalue weighted by molar-refractivity contribution is 6.30. The Morgan fingerprint density at radius 3 is 2.06 bits per heavy atom. The minimum atomic E-state index is -4.62. The van der Waals surface area contributed by atoms with Crippen molar-refractivity contribution < 1.29 is 25.6 Å². The number of nitrogens with one attached hydrogen (secondary N) is 3. The zero-order valence-electron chi connectivity index (χ0n) is 18.8. The molecular weight excluding hydrogens is 501 g/mol. The van der Waals surface area contributed by atoms with Crippen LogP contribution in [-0.2, 0) is 6.54 Å². The first-order chi connectivity index (χ1) is 17.1. The summed E-state index contributed by atoms with van der Waals surface area (Å²) in [4.78, 5) is 41.7. The van der Waals surface area contributed by atoms with Crippen LogP contribution >= 0.6 is 11.6 Å². The van der Waals surface area contributed by atoms with Gasteiger partial charge in [-0.15, -0.1) is 5.53 Å². The zero-order chi connectivity index (χ0) is 25.4. The third kappa shape index (κ3) is 3.79. The van der Waals surface area contributed by atoms with E-state index in [9.17, 15) is 27.6 Å². The first kappa shape index (κ1) is 23.2. The number of alkyl halides is 3. The van der Waals surface area contributed by atoms with E-state index < -0.39 is 29.2 Å². The number of hydrogen-bond donors (Lipinski definition) is 3. The van der Waals surface area contributed by atoms with Crippen molar-refractivity contribution >= 4 is 34.8 Å². The van der Waals surface area contributed by atoms with Crippen LogP contribution in [0.2, 0.25) is 5.02 Å². The van der Waals surface area contributed by atoms with E-state index in [2.05, 4.69) is 16.4 Å². The van der Waals surface area contributed by atoms with Crippen LogP contribution in [0.5, 0.6) is 0 Å². The van der Waals surface area contributed by atoms with Crippen LogP contribution in [-0.4, -0.2) is 58.5 Å². The van der Waals surface area contributed by atoms with Crippen molar-refractivity contribution in [1.82, 2.24) is 19.9 Å². The van der Waals surface area contributed by atoms with Crippen LogP contribution in [0.4, 0.5) is 24.5 Å². The molecule has 2 aromatic rings. The molecule has 1 aliphatic carbocycles. The number of anilines is 2. The van der Waals surface area contributed by atoms with Crippen molar-refractivity contribution in [3.05, 3.63) is 57.0 Å². The lowest BCUT2D eigenvalue weighted by Gasteiger charge is -2.42. The largest absolute Gasteiger partial charge is 0.406 e. The Morgan fingerprint density at radius 1 is 0.917 bits per heavy atom. The van der Waals surface area contributed by atoms with E-state index in [0.29, 0.717) is 36.3 Å². The Bertz CT molecular complexity index is 1320. The van der Waals surface area contributed by atoms with Crippen molar-refractivity contribution in [3.63, 3.8) is 0 Å². The molecule has 1 saturated carbocycles. The van der Waals surface area contributed by atoms with Crippen LogP contribution in [0.15, 0.2) is 35.3 Å². The number of carbonyl (C=O) groups is 2. The summed E-state index contributed by atoms with van der Waals surface area (Å²) in [6.45, 7) is 0.622. The van der Waals surface area contributed by atoms with Gasteiger partial charge in [-0.25, -0.2) is 0 Å². The predicted molar refractivity (Wildman–Crippen MR) is 129 cm³/mol. The first-order valence-corrected chi connectivity index (χ1v) is 11.9. The molecule has 6 rings (SSSR count). The van der Waals surface area contributed by atoms with E-state index in [0.717, 1.165) is 23.6 Å². The van der Waals surface area contributed by atoms with E-state index in [1.165, 1.54) is 0 Å². The third-order valence-corrected chi connectivity index (χ3v) is 8.07. The van der Waals surface area contributed by atoms with Crippen LogP contribution in [0.25, 0.3) is 0 Å². The lowest BCUT2D eigenvalue weighted by Crippen LogP contribution is -2.44. The number of hydrogen-bond acceptors (Lipinski definition) is 6. The fourth-order valence-electron chi connectivity index (χ4n) is 6.15. The Labute approximate surface area is 211 Å². The number of nitrogens with zero attached hydrogens (tertiary/aromatic N) is 3. The minimum Gasteiger partial charge on any atom is -0.338 e. The quantitative estimate of drug-likeness (QED) is 0.569. The van der Waals surface area contributed by atoms with Gasteiger partial charge >= 0.3 is 6.18 Å². The predicted octanol–water partition coefficient (Wildman–Crippen LogP) is 2.90. The van der Waals surface area contributed by atoms with Crippen LogP contribution < -0.4 is 21.9 Å². The molecule has 1 aromatic heterocycles. The molecule has 3 N–H and O–H groups in total. The Kier molecular flexibility index (Phi) is 5.23. The van der Waals surface area contributed by atoms with Gasteiger partial charge in [0.1, 0.15) is 11.6 Å². The van der Waals surface area contributed by atoms with Crippen molar-refractivity contribution in [2.24, 2.45) is 23.7 Å². The Hall–Kier alpha value is -3.25. The van der Waals surface area contributed by atoms with Crippen LogP contribution in [0, 0.1) is 23.7 Å². The van der Waals surface area contributed by atoms with Crippen molar-refractivity contribution in [1.29, 1.82) is 0 Å². The highest BCUT2D eigenvalue weighted by atomic mass is 35.5. The molecule has 3 fully saturated rings. The molecule has 3 aliphatic heterocycles. The van der Waals surface area contributed by atoms with Crippen molar-refractivity contribution in [3.8, 4) is 0 Å². The van der Waals surface area contributed by atoms with E-state index >= 15 is 0 Å². The van der Waals surface area contributed by atoms with Gasteiger partial charge in [0.15, 0.2) is 0 Å². The molecule has 36 heavy (non-hydrogen) atoms. The average Bonchev–Trinajstić information content (AvgIpc) is 3.53. The number of pyridine rings is 1. The number of amides is 2. The normalized spacial score (nSPS) is 26.0. The number of halogens is 4. The molecule has 4 heterocycles. The summed E-state index contributed by atoms with van der Waals surface area (Å²) >= 11 is 5.85. The highest BCUT2D eigenvalue weighted by Crippen LogP contribution is 2.54. The summed E-state index contributed by atoms with van der Waals surface area (Å²) in [6, 6.07) is 6.56. The number of carbonyl (C=O) groups excluding carboxylic acids is 2. The number of benzene rings is 1. The van der Waals surface area contributed by atoms with E-state index in [-0.39, 0.29) is 38.0 Å². The van der Waals surface area contributed by atoms with Gasteiger partial charge in [-0.1, -0.05) is 11.6 Å². The smallest absolute Gasteiger partial charge is 0.338 e. The van der Waals surface area contributed by atoms with Gasteiger partial charge in [0.2, 0.25) is 0 Å². The minimum absolute atomic E-state index is 0. The second kappa shape index (κ2) is 8.13. The monoisotopic (exact) mass is 526 g/mol. The molecule has 4 atom stereocenters. The van der Waals surface area contributed by atoms with Gasteiger partial charge in [-0.2, -0.15) is 13.2 Å². The highest BCUT2D eigenvalue weighted by Gasteiger charge is 2.59. The van der Waals surface area contributed by atoms with Gasteiger partial charge in [0.05, 0.1) is 16.9 Å². The first-order valence-electron chi connectivity index (χ1n) is 11.6. The second-order valence-corrected chi connectivity index (χ2v) is 10.2. The number of likely N-dealkylation sites (tertiary alicyclic amines) is 2. The lowest BCUT2D eigenvalue weighted by molar-refractivity contribution is -0.141. The summed E-state index contributed by atoms with van der Waals surface area (Å²) in [6.07, 6.45) is -3.69. The van der Waals surface area contributed by atoms with Gasteiger partial charge < -0.3 is 25.2 Å². The van der Waals surface area contributed by atoms with E-state index in [1.807, 2.05) is 11.0 Å². The van der Waals surface area contributed by atoms with E-state index in [1.54, 1.807) is 17.0 Å². The van der Waals surface area contributed by atoms with Crippen molar-refractivity contribution in [2.45, 2.75) is 12.7 Å². The lowest BCUT2D eigenvalue weighted by atomic mass is 9.60. The SMILES string of the molecule is O=C(c1cc(Cl)c(=O)n(CC(F)(F)F)c1)N1CC2C(C1)[C@@H]1CN(C(=O)c3ccc4c(c3)NNN4)C[C@H]21.[HH].[HH]. The maximum Gasteiger partial charge on any atom is 0.406 e. The summed E-state index contributed by atoms with van der Waals surface area (Å²) in [7, 11) is 0. The molecule has 0 spiro atoms. The fraction of sp³-hybridized carbons (Fsp3) is 0.435. The van der Waals surface area contributed by atoms with Gasteiger partial charge in [-0.05, 0) is 47.9 Å². The Balaban J connectivity index is 0.00000168. The molecule has 1 aromatic carbocycles. The summed E-state index contributed by atoms with van der Waals surface area (Å²) < 4.78 is 39.0. The van der Waals surface area contributed by atoms with Gasteiger partial charge in [0, 0.05) is 40.8 Å². The van der Waals surface area contributed by atoms with Crippen molar-refractivity contribution in [2.75, 3.05) is 37.0 Å². The average molecular weight is 527 g/mol. The molecular formula is C23H26ClF3N6O3. The second-order valence-electron chi connectivity index (χ2n) is 9.84. The number of hydrazine groups is 2. The third-order valence-electron chi connectivity index (χ3n) is 7.80. The Morgan fingerprint density at radius 2 is 1.47 bits per heavy atom. The summed E-state index contributed by atoms with van der Waals surface area (Å²) in [5.41, 5.74) is 9.91. The molecule has 4 aliphatic rings. The molecule has 2 saturated heterocycles. The maximum atomic E-state index is 13.1. The van der Waals surface area contributed by atoms with Gasteiger partial charge in [-0.3, -0.25) is 14.4 Å². The molecule has 0 bridgehead atoms. The maximum absolute atomic E-state index is 13.1. The zero-order valence-corrected chi connectivity index (χ0v) is 19.6. The molecule has 194 valence electrons. The fourth-order valence-corrected chi connectivity index (χ4v) is 6.38. The molecule has 13 heteroatoms. The summed E-state index contributed by atoms with van der Waals surface area (Å²) in [5, 5.41) is -0.424. The molecule has 2 amide bonds. The topological polar surface area (TPSA) is 98.7 Å². The molecule has 2 unspecified atom stereocenters. The molecule has 0 radical (unpaired) electrons. The van der Waals surface area contributed by atoms with Gasteiger partial charge in [0.25, 0.3) is 17.4 Å². The number of aromatic nitrogens is 1. The van der Waals surface area contributed by atoms with E-state index in [4.69, 9.17) is 11.6 Å². The number of rotatable bonds is 3. The van der Waals surface area contributed by atoms with Crippen LogP contribution in [0.3, 0.4) is 0 Å². The standard InChI is InChI=1S/C23H22ClF3N6O3.2H2/c24-17-3-12(5-33(22(17)36)10-23(25,26)27)21(35)32-8-15-13-6-31(7-14(13)16(15)9-32)20(34)11-1-2-18-19(4-11)29-30-28-18;;/h1-5,13-16,28-30H,6-10H2;2*1H/t13-,14+,15?,16?;;. The molecule has 9 nitrogen and oxygen atoms in total. The summed E-state index contributed by atoms with van der Waals surface area (Å²) in [5.74, 6) is 0.521. The number of fused-ring (bicyclic) bond motifs is 5.